The van der Waals surface area contributed by atoms with Crippen LogP contribution in [0, 0.1) is 18.3 Å². The zero-order valence-electron chi connectivity index (χ0n) is 10.4. The van der Waals surface area contributed by atoms with E-state index in [-0.39, 0.29) is 5.84 Å². The molecule has 1 aromatic rings. The summed E-state index contributed by atoms with van der Waals surface area (Å²) >= 11 is 0. The van der Waals surface area contributed by atoms with Crippen LogP contribution in [0.5, 0.6) is 0 Å². The Bertz CT molecular complexity index is 429. The normalized spacial score (nSPS) is 19.6. The molecule has 5 nitrogen and oxygen atoms in total. The largest absolute Gasteiger partial charge is 0.382 e. The Hall–Kier alpha value is -1.65. The minimum Gasteiger partial charge on any atom is -0.382 e. The van der Waals surface area contributed by atoms with Crippen LogP contribution in [0.1, 0.15) is 31.2 Å². The van der Waals surface area contributed by atoms with Crippen LogP contribution in [0.15, 0.2) is 6.07 Å². The monoisotopic (exact) mass is 233 g/mol. The average Bonchev–Trinajstić information content (AvgIpc) is 2.76. The number of aryl methyl sites for hydroxylation is 1. The van der Waals surface area contributed by atoms with Gasteiger partial charge in [-0.05, 0) is 25.3 Å². The van der Waals surface area contributed by atoms with Gasteiger partial charge in [-0.25, -0.2) is 9.97 Å². The summed E-state index contributed by atoms with van der Waals surface area (Å²) < 4.78 is 0. The molecule has 1 atom stereocenters. The van der Waals surface area contributed by atoms with Crippen molar-refractivity contribution in [3.05, 3.63) is 17.5 Å². The second-order valence-corrected chi connectivity index (χ2v) is 4.62. The molecule has 1 fully saturated rings. The highest BCUT2D eigenvalue weighted by Gasteiger charge is 2.23. The molecule has 1 unspecified atom stereocenters. The lowest BCUT2D eigenvalue weighted by atomic mass is 10.1. The molecule has 0 bridgehead atoms. The quantitative estimate of drug-likeness (QED) is 0.609. The number of nitrogens with two attached hydrogens (primary N) is 1. The zero-order valence-corrected chi connectivity index (χ0v) is 10.4. The highest BCUT2D eigenvalue weighted by atomic mass is 15.3. The Kier molecular flexibility index (Phi) is 3.26. The molecule has 2 heterocycles. The van der Waals surface area contributed by atoms with Crippen molar-refractivity contribution < 1.29 is 0 Å². The number of nitrogens with zero attached hydrogens (tertiary/aromatic N) is 3. The van der Waals surface area contributed by atoms with Crippen molar-refractivity contribution in [1.29, 1.82) is 5.41 Å². The smallest absolute Gasteiger partial charge is 0.226 e. The van der Waals surface area contributed by atoms with Gasteiger partial charge in [0.15, 0.2) is 0 Å². The van der Waals surface area contributed by atoms with Crippen molar-refractivity contribution >= 4 is 11.8 Å². The van der Waals surface area contributed by atoms with E-state index in [2.05, 4.69) is 21.8 Å². The Morgan fingerprint density at radius 1 is 1.59 bits per heavy atom. The molecule has 0 aliphatic carbocycles. The first-order valence-electron chi connectivity index (χ1n) is 6.05. The number of nitrogen functional groups attached to an aromatic ring is 1. The van der Waals surface area contributed by atoms with Crippen LogP contribution in [0.2, 0.25) is 0 Å². The highest BCUT2D eigenvalue weighted by Crippen LogP contribution is 2.23. The maximum Gasteiger partial charge on any atom is 0.226 e. The number of nitrogens with one attached hydrogen (secondary N) is 1. The second-order valence-electron chi connectivity index (χ2n) is 4.62. The Labute approximate surface area is 102 Å². The minimum absolute atomic E-state index is 0.00277. The maximum atomic E-state index is 7.44. The van der Waals surface area contributed by atoms with Gasteiger partial charge >= 0.3 is 0 Å². The number of aromatic nitrogens is 2. The summed E-state index contributed by atoms with van der Waals surface area (Å²) in [6.45, 7) is 6.13. The van der Waals surface area contributed by atoms with E-state index in [1.165, 1.54) is 12.8 Å². The lowest BCUT2D eigenvalue weighted by molar-refractivity contribution is 0.568. The summed E-state index contributed by atoms with van der Waals surface area (Å²) in [7, 11) is 0. The van der Waals surface area contributed by atoms with Gasteiger partial charge in [-0.2, -0.15) is 0 Å². The lowest BCUT2D eigenvalue weighted by Gasteiger charge is -2.17. The van der Waals surface area contributed by atoms with Crippen LogP contribution in [-0.2, 0) is 0 Å². The topological polar surface area (TPSA) is 78.9 Å². The number of hydrogen-bond donors (Lipinski definition) is 2. The predicted octanol–water partition coefficient (Wildman–Crippen LogP) is 1.31. The molecule has 17 heavy (non-hydrogen) atoms. The molecule has 1 aromatic heterocycles. The van der Waals surface area contributed by atoms with E-state index in [9.17, 15) is 0 Å². The van der Waals surface area contributed by atoms with E-state index in [4.69, 9.17) is 11.1 Å². The van der Waals surface area contributed by atoms with E-state index >= 15 is 0 Å². The first kappa shape index (κ1) is 11.8. The summed E-state index contributed by atoms with van der Waals surface area (Å²) in [5.74, 6) is 1.45. The molecular weight excluding hydrogens is 214 g/mol. The van der Waals surface area contributed by atoms with E-state index in [1.807, 2.05) is 6.92 Å². The highest BCUT2D eigenvalue weighted by molar-refractivity contribution is 5.93. The molecule has 0 aromatic carbocycles. The van der Waals surface area contributed by atoms with E-state index in [0.717, 1.165) is 24.7 Å². The number of hydrogen-bond acceptors (Lipinski definition) is 4. The van der Waals surface area contributed by atoms with Crippen LogP contribution < -0.4 is 10.6 Å². The third kappa shape index (κ3) is 2.54. The predicted molar refractivity (Wildman–Crippen MR) is 68.4 cm³/mol. The van der Waals surface area contributed by atoms with E-state index in [1.54, 1.807) is 6.07 Å². The van der Waals surface area contributed by atoms with Crippen LogP contribution in [0.4, 0.5) is 5.95 Å². The average molecular weight is 233 g/mol. The van der Waals surface area contributed by atoms with Gasteiger partial charge in [0.2, 0.25) is 5.95 Å². The first-order chi connectivity index (χ1) is 8.10. The summed E-state index contributed by atoms with van der Waals surface area (Å²) in [4.78, 5) is 11.0. The molecule has 0 spiro atoms. The third-order valence-corrected chi connectivity index (χ3v) is 3.26. The standard InChI is InChI=1S/C12H19N5/c1-3-9-4-5-17(7-9)12-15-8(2)6-10(16-12)11(13)14/h6,9H,3-5,7H2,1-2H3,(H3,13,14). The van der Waals surface area contributed by atoms with Crippen molar-refractivity contribution in [2.24, 2.45) is 11.7 Å². The molecule has 2 rings (SSSR count). The van der Waals surface area contributed by atoms with Gasteiger partial charge in [-0.15, -0.1) is 0 Å². The molecule has 3 N–H and O–H groups in total. The minimum atomic E-state index is 0.00277. The molecule has 0 saturated carbocycles. The summed E-state index contributed by atoms with van der Waals surface area (Å²) in [5.41, 5.74) is 6.86. The van der Waals surface area contributed by atoms with Crippen molar-refractivity contribution in [3.8, 4) is 0 Å². The number of amidine groups is 1. The summed E-state index contributed by atoms with van der Waals surface area (Å²) in [6.07, 6.45) is 2.39. The SMILES string of the molecule is CCC1CCN(c2nc(C)cc(C(=N)N)n2)C1. The lowest BCUT2D eigenvalue weighted by Crippen LogP contribution is -2.24. The molecule has 1 aliphatic rings. The number of anilines is 1. The van der Waals surface area contributed by atoms with Gasteiger partial charge < -0.3 is 10.6 Å². The summed E-state index contributed by atoms with van der Waals surface area (Å²) in [6, 6.07) is 1.75. The fraction of sp³-hybridized carbons (Fsp3) is 0.583. The van der Waals surface area contributed by atoms with E-state index in [0.29, 0.717) is 11.6 Å². The zero-order chi connectivity index (χ0) is 12.4. The van der Waals surface area contributed by atoms with Gasteiger partial charge in [0.25, 0.3) is 0 Å². The van der Waals surface area contributed by atoms with Crippen LogP contribution in [-0.4, -0.2) is 28.9 Å². The van der Waals surface area contributed by atoms with E-state index < -0.39 is 0 Å². The van der Waals surface area contributed by atoms with Crippen molar-refractivity contribution in [3.63, 3.8) is 0 Å². The van der Waals surface area contributed by atoms with Crippen molar-refractivity contribution in [1.82, 2.24) is 9.97 Å². The Morgan fingerprint density at radius 2 is 2.35 bits per heavy atom. The molecule has 5 heteroatoms. The van der Waals surface area contributed by atoms with Crippen molar-refractivity contribution in [2.45, 2.75) is 26.7 Å². The Balaban J connectivity index is 2.24. The van der Waals surface area contributed by atoms with Gasteiger partial charge in [0, 0.05) is 18.8 Å². The van der Waals surface area contributed by atoms with Gasteiger partial charge in [-0.1, -0.05) is 13.3 Å². The van der Waals surface area contributed by atoms with Crippen LogP contribution >= 0.6 is 0 Å². The fourth-order valence-electron chi connectivity index (χ4n) is 2.18. The molecule has 0 amide bonds. The molecule has 0 radical (unpaired) electrons. The molecule has 1 saturated heterocycles. The molecule has 92 valence electrons. The Morgan fingerprint density at radius 3 is 2.94 bits per heavy atom. The third-order valence-electron chi connectivity index (χ3n) is 3.26. The second kappa shape index (κ2) is 4.69. The van der Waals surface area contributed by atoms with Crippen LogP contribution in [0.3, 0.4) is 0 Å². The van der Waals surface area contributed by atoms with Gasteiger partial charge in [-0.3, -0.25) is 5.41 Å². The van der Waals surface area contributed by atoms with Crippen molar-refractivity contribution in [2.75, 3.05) is 18.0 Å². The molecule has 1 aliphatic heterocycles. The van der Waals surface area contributed by atoms with Gasteiger partial charge in [0.1, 0.15) is 11.5 Å². The molecular formula is C12H19N5. The maximum absolute atomic E-state index is 7.44. The summed E-state index contributed by atoms with van der Waals surface area (Å²) in [5, 5.41) is 7.44. The fourth-order valence-corrected chi connectivity index (χ4v) is 2.18. The first-order valence-corrected chi connectivity index (χ1v) is 6.05. The number of rotatable bonds is 3. The van der Waals surface area contributed by atoms with Crippen LogP contribution in [0.25, 0.3) is 0 Å². The van der Waals surface area contributed by atoms with Gasteiger partial charge in [0.05, 0.1) is 0 Å².